The van der Waals surface area contributed by atoms with Gasteiger partial charge in [0.1, 0.15) is 5.58 Å². The zero-order valence-corrected chi connectivity index (χ0v) is 20.8. The molecule has 4 atom stereocenters. The lowest BCUT2D eigenvalue weighted by Gasteiger charge is -2.36. The number of hydrogen-bond donors (Lipinski definition) is 5. The van der Waals surface area contributed by atoms with Crippen molar-refractivity contribution in [1.82, 2.24) is 15.0 Å². The Hall–Kier alpha value is -3.03. The maximum absolute atomic E-state index is 11.8. The molecule has 0 amide bonds. The number of halogens is 1. The molecule has 2 fully saturated rings. The molecule has 1 aromatic carbocycles. The largest absolute Gasteiger partial charge is 0.423 e. The minimum atomic E-state index is -0.571. The fourth-order valence-electron chi connectivity index (χ4n) is 4.84. The van der Waals surface area contributed by atoms with Gasteiger partial charge in [0.05, 0.1) is 6.10 Å². The number of aliphatic hydroxyl groups excluding tert-OH is 1. The van der Waals surface area contributed by atoms with Gasteiger partial charge in [-0.05, 0) is 37.5 Å². The smallest absolute Gasteiger partial charge is 0.336 e. The first-order valence-electron chi connectivity index (χ1n) is 11.8. The molecule has 36 heavy (non-hydrogen) atoms. The number of aromatic nitrogens is 3. The molecule has 194 valence electrons. The van der Waals surface area contributed by atoms with Gasteiger partial charge < -0.3 is 41.8 Å². The van der Waals surface area contributed by atoms with Gasteiger partial charge in [0, 0.05) is 67.5 Å². The molecule has 8 N–H and O–H groups in total. The number of benzene rings is 1. The first-order valence-corrected chi connectivity index (χ1v) is 11.8. The number of rotatable bonds is 4. The predicted octanol–water partition coefficient (Wildman–Crippen LogP) is 0.215. The van der Waals surface area contributed by atoms with E-state index >= 15 is 0 Å². The standard InChI is InChI=1S/C23H31N9O3.ClH/c1-12-4-20(34)35-19-7-16(2-3-18(12)19)27-21-28-22(31-8-13(24)5-14(25)9-31)30-23(29-21)32-10-15(26)6-17(33)11-32;/h2-4,7,13-15,17,33H,5-6,8-11,24-26H2,1H3,(H,27,28,29,30);1H/t13-,14+,15-,17+;/m1./s1. The van der Waals surface area contributed by atoms with Crippen molar-refractivity contribution >= 4 is 46.9 Å². The maximum atomic E-state index is 11.8. The van der Waals surface area contributed by atoms with Crippen LogP contribution in [0.5, 0.6) is 0 Å². The lowest BCUT2D eigenvalue weighted by Crippen LogP contribution is -2.53. The van der Waals surface area contributed by atoms with Crippen LogP contribution in [0, 0.1) is 6.92 Å². The van der Waals surface area contributed by atoms with E-state index in [9.17, 15) is 9.90 Å². The zero-order valence-electron chi connectivity index (χ0n) is 20.0. The normalized spacial score (nSPS) is 24.5. The molecule has 2 aromatic heterocycles. The molecule has 0 saturated carbocycles. The summed E-state index contributed by atoms with van der Waals surface area (Å²) >= 11 is 0. The van der Waals surface area contributed by atoms with Crippen LogP contribution in [-0.2, 0) is 0 Å². The molecule has 12 nitrogen and oxygen atoms in total. The molecule has 4 heterocycles. The van der Waals surface area contributed by atoms with Gasteiger partial charge in [-0.25, -0.2) is 4.79 Å². The van der Waals surface area contributed by atoms with Crippen LogP contribution in [0.2, 0.25) is 0 Å². The number of aryl methyl sites for hydroxylation is 1. The van der Waals surface area contributed by atoms with Gasteiger partial charge in [-0.3, -0.25) is 0 Å². The van der Waals surface area contributed by atoms with E-state index in [4.69, 9.17) is 21.6 Å². The number of nitrogens with zero attached hydrogens (tertiary/aromatic N) is 5. The molecule has 0 radical (unpaired) electrons. The van der Waals surface area contributed by atoms with Gasteiger partial charge in [0.25, 0.3) is 0 Å². The topological polar surface area (TPSA) is 186 Å². The summed E-state index contributed by atoms with van der Waals surface area (Å²) in [6.45, 7) is 3.89. The van der Waals surface area contributed by atoms with Crippen molar-refractivity contribution in [3.63, 3.8) is 0 Å². The number of nitrogens with two attached hydrogens (primary N) is 3. The van der Waals surface area contributed by atoms with E-state index < -0.39 is 11.7 Å². The number of nitrogens with one attached hydrogen (secondary N) is 1. The molecule has 2 aliphatic heterocycles. The Morgan fingerprint density at radius 3 is 2.19 bits per heavy atom. The van der Waals surface area contributed by atoms with E-state index in [-0.39, 0.29) is 30.5 Å². The van der Waals surface area contributed by atoms with E-state index in [0.29, 0.717) is 61.7 Å². The predicted molar refractivity (Wildman–Crippen MR) is 141 cm³/mol. The van der Waals surface area contributed by atoms with Crippen LogP contribution in [0.25, 0.3) is 11.0 Å². The Morgan fingerprint density at radius 1 is 0.944 bits per heavy atom. The van der Waals surface area contributed by atoms with Crippen LogP contribution < -0.4 is 37.9 Å². The van der Waals surface area contributed by atoms with Gasteiger partial charge in [0.2, 0.25) is 17.8 Å². The Kier molecular flexibility index (Phi) is 7.62. The third-order valence-corrected chi connectivity index (χ3v) is 6.36. The van der Waals surface area contributed by atoms with E-state index in [2.05, 4.69) is 20.3 Å². The highest BCUT2D eigenvalue weighted by Gasteiger charge is 2.29. The van der Waals surface area contributed by atoms with Crippen molar-refractivity contribution < 1.29 is 9.52 Å². The van der Waals surface area contributed by atoms with Crippen LogP contribution in [-0.4, -0.2) is 70.5 Å². The van der Waals surface area contributed by atoms with Crippen molar-refractivity contribution in [1.29, 1.82) is 0 Å². The van der Waals surface area contributed by atoms with Crippen molar-refractivity contribution in [3.05, 3.63) is 40.2 Å². The fourth-order valence-corrected chi connectivity index (χ4v) is 4.84. The van der Waals surface area contributed by atoms with E-state index in [1.54, 1.807) is 6.07 Å². The van der Waals surface area contributed by atoms with E-state index in [1.807, 2.05) is 28.9 Å². The average Bonchev–Trinajstić information content (AvgIpc) is 2.77. The Labute approximate surface area is 214 Å². The minimum absolute atomic E-state index is 0. The molecule has 0 unspecified atom stereocenters. The van der Waals surface area contributed by atoms with E-state index in [0.717, 1.165) is 17.4 Å². The third-order valence-electron chi connectivity index (χ3n) is 6.36. The summed E-state index contributed by atoms with van der Waals surface area (Å²) < 4.78 is 5.37. The van der Waals surface area contributed by atoms with Crippen LogP contribution in [0.1, 0.15) is 18.4 Å². The minimum Gasteiger partial charge on any atom is -0.423 e. The molecule has 0 bridgehead atoms. The van der Waals surface area contributed by atoms with E-state index in [1.165, 1.54) is 6.07 Å². The van der Waals surface area contributed by atoms with Crippen molar-refractivity contribution in [2.45, 2.75) is 44.0 Å². The maximum Gasteiger partial charge on any atom is 0.336 e. The molecular weight excluding hydrogens is 486 g/mol. The van der Waals surface area contributed by atoms with Gasteiger partial charge in [0.15, 0.2) is 0 Å². The summed E-state index contributed by atoms with van der Waals surface area (Å²) in [7, 11) is 0. The highest BCUT2D eigenvalue weighted by atomic mass is 35.5. The van der Waals surface area contributed by atoms with Crippen LogP contribution in [0.3, 0.4) is 0 Å². The lowest BCUT2D eigenvalue weighted by molar-refractivity contribution is 0.144. The van der Waals surface area contributed by atoms with Crippen LogP contribution in [0.4, 0.5) is 23.5 Å². The number of hydrogen-bond acceptors (Lipinski definition) is 12. The number of fused-ring (bicyclic) bond motifs is 1. The lowest BCUT2D eigenvalue weighted by atomic mass is 10.0. The van der Waals surface area contributed by atoms with Crippen molar-refractivity contribution in [2.75, 3.05) is 41.3 Å². The molecule has 2 saturated heterocycles. The molecule has 5 rings (SSSR count). The number of β-amino-alcohol motifs (C(OH)–C–C–N with tert-alkyl or cyclic N) is 1. The third kappa shape index (κ3) is 5.68. The fraction of sp³-hybridized carbons (Fsp3) is 0.478. The van der Waals surface area contributed by atoms with Gasteiger partial charge in [-0.15, -0.1) is 12.4 Å². The summed E-state index contributed by atoms with van der Waals surface area (Å²) in [5.41, 5.74) is 20.1. The molecular formula is C23H32ClN9O3. The average molecular weight is 518 g/mol. The highest BCUT2D eigenvalue weighted by Crippen LogP contribution is 2.26. The summed E-state index contributed by atoms with van der Waals surface area (Å²) in [5, 5.41) is 14.3. The first kappa shape index (κ1) is 26.0. The second kappa shape index (κ2) is 10.5. The Balaban J connectivity index is 0.00000304. The molecule has 3 aromatic rings. The second-order valence-electron chi connectivity index (χ2n) is 9.56. The molecule has 0 aliphatic carbocycles. The second-order valence-corrected chi connectivity index (χ2v) is 9.56. The van der Waals surface area contributed by atoms with Gasteiger partial charge >= 0.3 is 5.63 Å². The summed E-state index contributed by atoms with van der Waals surface area (Å²) in [6.07, 6.45) is 0.685. The Bertz CT molecular complexity index is 1230. The van der Waals surface area contributed by atoms with Crippen LogP contribution in [0.15, 0.2) is 33.5 Å². The number of piperidine rings is 2. The van der Waals surface area contributed by atoms with Crippen LogP contribution >= 0.6 is 12.4 Å². The summed E-state index contributed by atoms with van der Waals surface area (Å²) in [6, 6.07) is 6.57. The summed E-state index contributed by atoms with van der Waals surface area (Å²) in [5.74, 6) is 1.16. The summed E-state index contributed by atoms with van der Waals surface area (Å²) in [4.78, 5) is 29.6. The molecule has 0 spiro atoms. The highest BCUT2D eigenvalue weighted by molar-refractivity contribution is 5.85. The molecule has 2 aliphatic rings. The zero-order chi connectivity index (χ0) is 24.7. The number of aliphatic hydroxyl groups is 1. The van der Waals surface area contributed by atoms with Crippen molar-refractivity contribution in [3.8, 4) is 0 Å². The monoisotopic (exact) mass is 517 g/mol. The molecule has 13 heteroatoms. The van der Waals surface area contributed by atoms with Gasteiger partial charge in [-0.1, -0.05) is 0 Å². The quantitative estimate of drug-likeness (QED) is 0.297. The Morgan fingerprint density at radius 2 is 1.56 bits per heavy atom. The van der Waals surface area contributed by atoms with Crippen molar-refractivity contribution in [2.24, 2.45) is 17.2 Å². The number of anilines is 4. The SMILES string of the molecule is Cc1cc(=O)oc2cc(Nc3nc(N4C[C@H](N)C[C@H](N)C4)nc(N4C[C@H](N)C[C@H](O)C4)n3)ccc12.Cl. The first-order chi connectivity index (χ1) is 16.7. The van der Waals surface area contributed by atoms with Gasteiger partial charge in [-0.2, -0.15) is 15.0 Å².